The molecule has 3 rings (SSSR count). The minimum Gasteiger partial charge on any atom is -0.366 e. The van der Waals surface area contributed by atoms with Gasteiger partial charge in [-0.1, -0.05) is 18.0 Å². The van der Waals surface area contributed by atoms with Crippen molar-refractivity contribution in [3.63, 3.8) is 0 Å². The zero-order valence-electron chi connectivity index (χ0n) is 11.6. The van der Waals surface area contributed by atoms with Gasteiger partial charge < -0.3 is 10.2 Å². The highest BCUT2D eigenvalue weighted by Crippen LogP contribution is 2.35. The molecular formula is C16H20ClN3. The molecule has 1 unspecified atom stereocenters. The maximum Gasteiger partial charge on any atom is 0.101 e. The number of rotatable bonds is 4. The molecule has 0 aromatic heterocycles. The second kappa shape index (κ2) is 6.03. The minimum absolute atomic E-state index is 0.548. The predicted molar refractivity (Wildman–Crippen MR) is 82.2 cm³/mol. The normalized spacial score (nSPS) is 22.3. The molecule has 1 N–H and O–H groups in total. The standard InChI is InChI=1S/C16H20ClN3/c17-13-4-7-16(12(9-13)10-18)20(15-5-6-15)11-14-3-1-2-8-19-14/h4,7,9,14-15,19H,1-3,5-6,8,11H2. The molecule has 106 valence electrons. The van der Waals surface area contributed by atoms with Gasteiger partial charge in [-0.05, 0) is 50.4 Å². The fourth-order valence-corrected chi connectivity index (χ4v) is 3.17. The van der Waals surface area contributed by atoms with Crippen LogP contribution in [-0.2, 0) is 0 Å². The lowest BCUT2D eigenvalue weighted by molar-refractivity contribution is 0.398. The summed E-state index contributed by atoms with van der Waals surface area (Å²) in [5.41, 5.74) is 1.74. The molecule has 1 saturated carbocycles. The highest BCUT2D eigenvalue weighted by Gasteiger charge is 2.32. The van der Waals surface area contributed by atoms with Crippen molar-refractivity contribution in [2.75, 3.05) is 18.0 Å². The van der Waals surface area contributed by atoms with E-state index in [1.165, 1.54) is 32.1 Å². The van der Waals surface area contributed by atoms with E-state index in [4.69, 9.17) is 11.6 Å². The van der Waals surface area contributed by atoms with Gasteiger partial charge >= 0.3 is 0 Å². The van der Waals surface area contributed by atoms with Crippen molar-refractivity contribution in [2.24, 2.45) is 0 Å². The summed E-state index contributed by atoms with van der Waals surface area (Å²) in [6.07, 6.45) is 6.30. The summed E-state index contributed by atoms with van der Waals surface area (Å²) in [7, 11) is 0. The van der Waals surface area contributed by atoms with Gasteiger partial charge in [0.15, 0.2) is 0 Å². The molecule has 1 aliphatic carbocycles. The van der Waals surface area contributed by atoms with Gasteiger partial charge in [0.05, 0.1) is 11.3 Å². The molecule has 1 aromatic rings. The molecule has 3 nitrogen and oxygen atoms in total. The summed E-state index contributed by atoms with van der Waals surface area (Å²) in [4.78, 5) is 2.41. The van der Waals surface area contributed by atoms with Gasteiger partial charge in [0.25, 0.3) is 0 Å². The van der Waals surface area contributed by atoms with E-state index in [1.807, 2.05) is 12.1 Å². The molecular weight excluding hydrogens is 270 g/mol. The van der Waals surface area contributed by atoms with Crippen LogP contribution in [-0.4, -0.2) is 25.2 Å². The Kier molecular flexibility index (Phi) is 4.14. The topological polar surface area (TPSA) is 39.1 Å². The lowest BCUT2D eigenvalue weighted by atomic mass is 10.0. The molecule has 1 aromatic carbocycles. The van der Waals surface area contributed by atoms with Gasteiger partial charge in [-0.2, -0.15) is 5.26 Å². The van der Waals surface area contributed by atoms with Crippen LogP contribution in [0.5, 0.6) is 0 Å². The summed E-state index contributed by atoms with van der Waals surface area (Å²) < 4.78 is 0. The second-order valence-corrected chi connectivity index (χ2v) is 6.24. The maximum atomic E-state index is 9.35. The Balaban J connectivity index is 1.81. The van der Waals surface area contributed by atoms with Crippen molar-refractivity contribution in [1.82, 2.24) is 5.32 Å². The van der Waals surface area contributed by atoms with Crippen molar-refractivity contribution in [3.8, 4) is 6.07 Å². The fourth-order valence-electron chi connectivity index (χ4n) is 3.00. The minimum atomic E-state index is 0.548. The third kappa shape index (κ3) is 3.08. The van der Waals surface area contributed by atoms with Gasteiger partial charge in [-0.25, -0.2) is 0 Å². The van der Waals surface area contributed by atoms with Crippen LogP contribution >= 0.6 is 11.6 Å². The van der Waals surface area contributed by atoms with E-state index >= 15 is 0 Å². The first-order valence-corrected chi connectivity index (χ1v) is 7.85. The Bertz CT molecular complexity index is 513. The van der Waals surface area contributed by atoms with Crippen LogP contribution in [0.25, 0.3) is 0 Å². The van der Waals surface area contributed by atoms with Crippen LogP contribution in [0.1, 0.15) is 37.7 Å². The molecule has 0 amide bonds. The van der Waals surface area contributed by atoms with Crippen LogP contribution in [0.3, 0.4) is 0 Å². The molecule has 0 bridgehead atoms. The van der Waals surface area contributed by atoms with Crippen LogP contribution in [0.2, 0.25) is 5.02 Å². The summed E-state index contributed by atoms with van der Waals surface area (Å²) in [6, 6.07) is 9.11. The van der Waals surface area contributed by atoms with Gasteiger partial charge in [0.2, 0.25) is 0 Å². The number of nitrogens with one attached hydrogen (secondary N) is 1. The molecule has 2 fully saturated rings. The first-order chi connectivity index (χ1) is 9.78. The lowest BCUT2D eigenvalue weighted by Gasteiger charge is -2.32. The number of hydrogen-bond donors (Lipinski definition) is 1. The predicted octanol–water partition coefficient (Wildman–Crippen LogP) is 3.32. The van der Waals surface area contributed by atoms with Gasteiger partial charge in [0, 0.05) is 23.7 Å². The third-order valence-corrected chi connectivity index (χ3v) is 4.44. The van der Waals surface area contributed by atoms with Crippen LogP contribution < -0.4 is 10.2 Å². The van der Waals surface area contributed by atoms with E-state index in [0.29, 0.717) is 22.7 Å². The average molecular weight is 290 g/mol. The summed E-state index contributed by atoms with van der Waals surface area (Å²) in [5, 5.41) is 13.6. The highest BCUT2D eigenvalue weighted by atomic mass is 35.5. The van der Waals surface area contributed by atoms with Gasteiger partial charge in [-0.15, -0.1) is 0 Å². The molecule has 1 aliphatic heterocycles. The number of nitriles is 1. The Morgan fingerprint density at radius 1 is 1.30 bits per heavy atom. The molecule has 0 spiro atoms. The molecule has 1 saturated heterocycles. The zero-order chi connectivity index (χ0) is 13.9. The Labute approximate surface area is 125 Å². The zero-order valence-corrected chi connectivity index (χ0v) is 12.4. The number of piperidine rings is 1. The van der Waals surface area contributed by atoms with E-state index in [1.54, 1.807) is 6.07 Å². The molecule has 20 heavy (non-hydrogen) atoms. The molecule has 1 heterocycles. The van der Waals surface area contributed by atoms with Crippen LogP contribution in [0, 0.1) is 11.3 Å². The summed E-state index contributed by atoms with van der Waals surface area (Å²) >= 11 is 6.01. The quantitative estimate of drug-likeness (QED) is 0.924. The van der Waals surface area contributed by atoms with Gasteiger partial charge in [-0.3, -0.25) is 0 Å². The number of hydrogen-bond acceptors (Lipinski definition) is 3. The van der Waals surface area contributed by atoms with E-state index in [0.717, 1.165) is 18.8 Å². The summed E-state index contributed by atoms with van der Waals surface area (Å²) in [5.74, 6) is 0. The largest absolute Gasteiger partial charge is 0.366 e. The van der Waals surface area contributed by atoms with E-state index < -0.39 is 0 Å². The van der Waals surface area contributed by atoms with Gasteiger partial charge in [0.1, 0.15) is 6.07 Å². The van der Waals surface area contributed by atoms with E-state index in [2.05, 4.69) is 16.3 Å². The highest BCUT2D eigenvalue weighted by molar-refractivity contribution is 6.30. The first-order valence-electron chi connectivity index (χ1n) is 7.47. The monoisotopic (exact) mass is 289 g/mol. The van der Waals surface area contributed by atoms with Crippen molar-refractivity contribution < 1.29 is 0 Å². The molecule has 4 heteroatoms. The number of halogens is 1. The van der Waals surface area contributed by atoms with Crippen LogP contribution in [0.15, 0.2) is 18.2 Å². The maximum absolute atomic E-state index is 9.35. The Hall–Kier alpha value is -1.24. The second-order valence-electron chi connectivity index (χ2n) is 5.80. The number of benzene rings is 1. The average Bonchev–Trinajstić information content (AvgIpc) is 3.31. The van der Waals surface area contributed by atoms with E-state index in [9.17, 15) is 5.26 Å². The number of nitrogens with zero attached hydrogens (tertiary/aromatic N) is 2. The van der Waals surface area contributed by atoms with Crippen molar-refractivity contribution >= 4 is 17.3 Å². The summed E-state index contributed by atoms with van der Waals surface area (Å²) in [6.45, 7) is 2.12. The number of anilines is 1. The molecule has 0 radical (unpaired) electrons. The Morgan fingerprint density at radius 3 is 2.80 bits per heavy atom. The lowest BCUT2D eigenvalue weighted by Crippen LogP contribution is -2.44. The molecule has 1 atom stereocenters. The van der Waals surface area contributed by atoms with E-state index in [-0.39, 0.29) is 0 Å². The van der Waals surface area contributed by atoms with Crippen molar-refractivity contribution in [2.45, 2.75) is 44.2 Å². The van der Waals surface area contributed by atoms with Crippen LogP contribution in [0.4, 0.5) is 5.69 Å². The smallest absolute Gasteiger partial charge is 0.101 e. The van der Waals surface area contributed by atoms with Crippen molar-refractivity contribution in [1.29, 1.82) is 5.26 Å². The van der Waals surface area contributed by atoms with Crippen molar-refractivity contribution in [3.05, 3.63) is 28.8 Å². The SMILES string of the molecule is N#Cc1cc(Cl)ccc1N(CC1CCCCN1)C1CC1. The fraction of sp³-hybridized carbons (Fsp3) is 0.562. The third-order valence-electron chi connectivity index (χ3n) is 4.21. The Morgan fingerprint density at radius 2 is 2.15 bits per heavy atom. The molecule has 2 aliphatic rings. The first kappa shape index (κ1) is 13.7.